The average Bonchev–Trinajstić information content (AvgIpc) is 3.32. The SMILES string of the molecule is O=C(NO)Sc1ccc(OCCNC(=O)c2cc3c(OCc4cccnc4)cccc3o2)cc1. The number of hydrogen-bond acceptors (Lipinski definition) is 8. The summed E-state index contributed by atoms with van der Waals surface area (Å²) in [6.45, 7) is 0.865. The number of carbonyl (C=O) groups is 2. The van der Waals surface area contributed by atoms with Crippen molar-refractivity contribution in [3.05, 3.63) is 84.4 Å². The Hall–Kier alpha value is -4.02. The fraction of sp³-hybridized carbons (Fsp3) is 0.125. The van der Waals surface area contributed by atoms with Crippen molar-refractivity contribution in [2.24, 2.45) is 0 Å². The van der Waals surface area contributed by atoms with E-state index in [1.807, 2.05) is 18.2 Å². The van der Waals surface area contributed by atoms with Gasteiger partial charge in [-0.1, -0.05) is 12.1 Å². The highest BCUT2D eigenvalue weighted by Crippen LogP contribution is 2.29. The van der Waals surface area contributed by atoms with E-state index < -0.39 is 5.24 Å². The third-order valence-corrected chi connectivity index (χ3v) is 5.43. The van der Waals surface area contributed by atoms with Gasteiger partial charge >= 0.3 is 5.24 Å². The molecule has 2 aromatic heterocycles. The summed E-state index contributed by atoms with van der Waals surface area (Å²) in [6.07, 6.45) is 3.44. The molecule has 34 heavy (non-hydrogen) atoms. The van der Waals surface area contributed by atoms with Crippen LogP contribution in [-0.2, 0) is 6.61 Å². The molecule has 3 N–H and O–H groups in total. The smallest absolute Gasteiger partial charge is 0.307 e. The zero-order valence-electron chi connectivity index (χ0n) is 17.9. The topological polar surface area (TPSA) is 123 Å². The molecule has 4 aromatic rings. The van der Waals surface area contributed by atoms with Crippen molar-refractivity contribution in [2.75, 3.05) is 13.2 Å². The number of pyridine rings is 1. The van der Waals surface area contributed by atoms with Crippen molar-refractivity contribution < 1.29 is 28.7 Å². The van der Waals surface area contributed by atoms with E-state index in [2.05, 4.69) is 10.3 Å². The maximum Gasteiger partial charge on any atom is 0.307 e. The van der Waals surface area contributed by atoms with E-state index in [0.29, 0.717) is 34.0 Å². The first-order chi connectivity index (χ1) is 16.6. The molecule has 9 nitrogen and oxygen atoms in total. The molecule has 2 aromatic carbocycles. The number of thioether (sulfide) groups is 1. The van der Waals surface area contributed by atoms with Crippen molar-refractivity contribution in [3.8, 4) is 11.5 Å². The molecule has 4 rings (SSSR count). The molecule has 0 aliphatic carbocycles. The van der Waals surface area contributed by atoms with Crippen molar-refractivity contribution in [1.29, 1.82) is 0 Å². The molecule has 174 valence electrons. The van der Waals surface area contributed by atoms with Gasteiger partial charge in [-0.3, -0.25) is 19.8 Å². The van der Waals surface area contributed by atoms with E-state index in [1.165, 1.54) is 0 Å². The van der Waals surface area contributed by atoms with Gasteiger partial charge in [-0.2, -0.15) is 0 Å². The zero-order chi connectivity index (χ0) is 23.8. The van der Waals surface area contributed by atoms with Gasteiger partial charge in [0.05, 0.1) is 11.9 Å². The van der Waals surface area contributed by atoms with Crippen molar-refractivity contribution >= 4 is 33.9 Å². The Kier molecular flexibility index (Phi) is 7.63. The van der Waals surface area contributed by atoms with Crippen LogP contribution in [0.4, 0.5) is 4.79 Å². The summed E-state index contributed by atoms with van der Waals surface area (Å²) in [4.78, 5) is 28.4. The third-order valence-electron chi connectivity index (χ3n) is 4.64. The largest absolute Gasteiger partial charge is 0.492 e. The van der Waals surface area contributed by atoms with Gasteiger partial charge in [0.15, 0.2) is 5.76 Å². The van der Waals surface area contributed by atoms with Crippen LogP contribution in [0, 0.1) is 0 Å². The van der Waals surface area contributed by atoms with Crippen molar-refractivity contribution in [2.45, 2.75) is 11.5 Å². The van der Waals surface area contributed by atoms with Crippen molar-refractivity contribution in [3.63, 3.8) is 0 Å². The number of nitrogens with zero attached hydrogens (tertiary/aromatic N) is 1. The highest BCUT2D eigenvalue weighted by Gasteiger charge is 2.15. The molecule has 2 heterocycles. The standard InChI is InChI=1S/C24H21N3O6S/c28-23(26-11-12-31-17-6-8-18(9-7-17)34-24(29)27-30)22-13-19-20(4-1-5-21(19)33-22)32-15-16-3-2-10-25-14-16/h1-10,13-14,30H,11-12,15H2,(H,26,28)(H,27,29). The molecule has 0 atom stereocenters. The number of hydrogen-bond donors (Lipinski definition) is 3. The second kappa shape index (κ2) is 11.2. The highest BCUT2D eigenvalue weighted by molar-refractivity contribution is 8.13. The minimum absolute atomic E-state index is 0.177. The number of ether oxygens (including phenoxy) is 2. The number of carbonyl (C=O) groups excluding carboxylic acids is 2. The van der Waals surface area contributed by atoms with Gasteiger partial charge in [0.1, 0.15) is 30.3 Å². The van der Waals surface area contributed by atoms with Crippen LogP contribution in [0.1, 0.15) is 16.1 Å². The molecule has 0 saturated carbocycles. The summed E-state index contributed by atoms with van der Waals surface area (Å²) in [5.74, 6) is 1.02. The van der Waals surface area contributed by atoms with Crippen LogP contribution in [0.5, 0.6) is 11.5 Å². The average molecular weight is 480 g/mol. The van der Waals surface area contributed by atoms with Crippen LogP contribution in [0.25, 0.3) is 11.0 Å². The van der Waals surface area contributed by atoms with Gasteiger partial charge in [-0.25, -0.2) is 5.48 Å². The number of furan rings is 1. The van der Waals surface area contributed by atoms with Crippen LogP contribution in [0.15, 0.2) is 82.4 Å². The molecule has 10 heteroatoms. The second-order valence-corrected chi connectivity index (χ2v) is 8.05. The van der Waals surface area contributed by atoms with E-state index in [4.69, 9.17) is 19.1 Å². The maximum atomic E-state index is 12.5. The fourth-order valence-electron chi connectivity index (χ4n) is 3.07. The molecule has 0 unspecified atom stereocenters. The molecule has 0 radical (unpaired) electrons. The van der Waals surface area contributed by atoms with E-state index in [1.54, 1.807) is 60.3 Å². The number of benzene rings is 2. The molecular formula is C24H21N3O6S. The first-order valence-electron chi connectivity index (χ1n) is 10.3. The van der Waals surface area contributed by atoms with E-state index in [-0.39, 0.29) is 24.8 Å². The lowest BCUT2D eigenvalue weighted by Crippen LogP contribution is -2.27. The lowest BCUT2D eigenvalue weighted by Gasteiger charge is -2.07. The van der Waals surface area contributed by atoms with Gasteiger partial charge in [0.2, 0.25) is 0 Å². The van der Waals surface area contributed by atoms with Gasteiger partial charge in [-0.15, -0.1) is 0 Å². The van der Waals surface area contributed by atoms with Crippen LogP contribution in [0.2, 0.25) is 0 Å². The van der Waals surface area contributed by atoms with Gasteiger partial charge in [0, 0.05) is 28.9 Å². The van der Waals surface area contributed by atoms with E-state index in [9.17, 15) is 9.59 Å². The normalized spacial score (nSPS) is 10.6. The Labute approximate surface area is 199 Å². The number of hydroxylamine groups is 1. The Morgan fingerprint density at radius 2 is 1.91 bits per heavy atom. The molecular weight excluding hydrogens is 458 g/mol. The third kappa shape index (κ3) is 6.06. The Morgan fingerprint density at radius 3 is 2.68 bits per heavy atom. The van der Waals surface area contributed by atoms with Gasteiger partial charge in [-0.05, 0) is 54.2 Å². The Morgan fingerprint density at radius 1 is 1.06 bits per heavy atom. The van der Waals surface area contributed by atoms with Crippen LogP contribution in [0.3, 0.4) is 0 Å². The summed E-state index contributed by atoms with van der Waals surface area (Å²) >= 11 is 0.852. The molecule has 0 aliphatic rings. The Balaban J connectivity index is 1.29. The maximum absolute atomic E-state index is 12.5. The second-order valence-electron chi connectivity index (χ2n) is 7.01. The molecule has 2 amide bonds. The van der Waals surface area contributed by atoms with Crippen LogP contribution >= 0.6 is 11.8 Å². The predicted molar refractivity (Wildman–Crippen MR) is 125 cm³/mol. The first-order valence-corrected chi connectivity index (χ1v) is 11.1. The monoisotopic (exact) mass is 479 g/mol. The number of rotatable bonds is 9. The summed E-state index contributed by atoms with van der Waals surface area (Å²) < 4.78 is 17.2. The molecule has 0 fully saturated rings. The highest BCUT2D eigenvalue weighted by atomic mass is 32.2. The minimum atomic E-state index is -0.575. The summed E-state index contributed by atoms with van der Waals surface area (Å²) in [5, 5.41) is 11.4. The predicted octanol–water partition coefficient (Wildman–Crippen LogP) is 4.41. The minimum Gasteiger partial charge on any atom is -0.492 e. The molecule has 0 saturated heterocycles. The fourth-order valence-corrected chi connectivity index (χ4v) is 3.60. The number of aromatic nitrogens is 1. The molecule has 0 bridgehead atoms. The van der Waals surface area contributed by atoms with E-state index >= 15 is 0 Å². The lowest BCUT2D eigenvalue weighted by molar-refractivity contribution is 0.0921. The number of fused-ring (bicyclic) bond motifs is 1. The van der Waals surface area contributed by atoms with Crippen LogP contribution < -0.4 is 20.3 Å². The van der Waals surface area contributed by atoms with E-state index in [0.717, 1.165) is 17.3 Å². The summed E-state index contributed by atoms with van der Waals surface area (Å²) in [6, 6.07) is 17.6. The van der Waals surface area contributed by atoms with Gasteiger partial charge < -0.3 is 19.2 Å². The Bertz CT molecular complexity index is 1260. The molecule has 0 spiro atoms. The number of amides is 2. The van der Waals surface area contributed by atoms with Gasteiger partial charge in [0.25, 0.3) is 5.91 Å². The van der Waals surface area contributed by atoms with Crippen molar-refractivity contribution in [1.82, 2.24) is 15.8 Å². The lowest BCUT2D eigenvalue weighted by atomic mass is 10.2. The first kappa shape index (κ1) is 23.1. The quantitative estimate of drug-likeness (QED) is 0.140. The number of nitrogens with one attached hydrogen (secondary N) is 2. The molecule has 0 aliphatic heterocycles. The summed E-state index contributed by atoms with van der Waals surface area (Å²) in [5.41, 5.74) is 3.04. The van der Waals surface area contributed by atoms with Crippen LogP contribution in [-0.4, -0.2) is 34.5 Å². The zero-order valence-corrected chi connectivity index (χ0v) is 18.7. The summed E-state index contributed by atoms with van der Waals surface area (Å²) in [7, 11) is 0.